The van der Waals surface area contributed by atoms with E-state index >= 15 is 0 Å². The van der Waals surface area contributed by atoms with Crippen molar-refractivity contribution in [2.24, 2.45) is 5.92 Å². The minimum Gasteiger partial charge on any atom is -0.349 e. The smallest absolute Gasteiger partial charge is 0.225 e. The van der Waals surface area contributed by atoms with E-state index in [2.05, 4.69) is 11.0 Å². The molecule has 0 N–H and O–H groups in total. The van der Waals surface area contributed by atoms with Crippen molar-refractivity contribution in [3.05, 3.63) is 0 Å². The second kappa shape index (κ2) is 6.49. The second-order valence-corrected chi connectivity index (χ2v) is 4.61. The second-order valence-electron chi connectivity index (χ2n) is 4.61. The van der Waals surface area contributed by atoms with Gasteiger partial charge in [-0.2, -0.15) is 5.26 Å². The lowest BCUT2D eigenvalue weighted by molar-refractivity contribution is -0.134. The first-order valence-corrected chi connectivity index (χ1v) is 5.95. The summed E-state index contributed by atoms with van der Waals surface area (Å²) in [6.45, 7) is 2.99. The SMILES string of the molecule is CN(C)C(=O)C1CCN(CCCC#N)CC1. The van der Waals surface area contributed by atoms with E-state index in [1.54, 1.807) is 4.90 Å². The van der Waals surface area contributed by atoms with Crippen molar-refractivity contribution in [3.8, 4) is 6.07 Å². The van der Waals surface area contributed by atoms with Gasteiger partial charge in [0, 0.05) is 26.4 Å². The summed E-state index contributed by atoms with van der Waals surface area (Å²) in [5.74, 6) is 0.471. The summed E-state index contributed by atoms with van der Waals surface area (Å²) < 4.78 is 0. The molecule has 0 atom stereocenters. The largest absolute Gasteiger partial charge is 0.349 e. The van der Waals surface area contributed by atoms with Gasteiger partial charge in [-0.1, -0.05) is 0 Å². The molecule has 0 unspecified atom stereocenters. The van der Waals surface area contributed by atoms with E-state index in [0.29, 0.717) is 6.42 Å². The molecule has 0 aliphatic carbocycles. The van der Waals surface area contributed by atoms with Gasteiger partial charge in [0.05, 0.1) is 6.07 Å². The van der Waals surface area contributed by atoms with Crippen molar-refractivity contribution < 1.29 is 4.79 Å². The van der Waals surface area contributed by atoms with Gasteiger partial charge >= 0.3 is 0 Å². The molecule has 1 fully saturated rings. The zero-order chi connectivity index (χ0) is 12.0. The monoisotopic (exact) mass is 223 g/mol. The summed E-state index contributed by atoms with van der Waals surface area (Å²) in [5, 5.41) is 8.45. The third-order valence-corrected chi connectivity index (χ3v) is 3.14. The molecule has 4 heteroatoms. The number of unbranched alkanes of at least 4 members (excludes halogenated alkanes) is 1. The van der Waals surface area contributed by atoms with Crippen molar-refractivity contribution in [3.63, 3.8) is 0 Å². The number of amides is 1. The number of nitrogens with zero attached hydrogens (tertiary/aromatic N) is 3. The predicted octanol–water partition coefficient (Wildman–Crippen LogP) is 1.09. The molecule has 1 aliphatic heterocycles. The Kier molecular flexibility index (Phi) is 5.27. The molecule has 16 heavy (non-hydrogen) atoms. The van der Waals surface area contributed by atoms with Crippen molar-refractivity contribution in [1.29, 1.82) is 5.26 Å². The summed E-state index contributed by atoms with van der Waals surface area (Å²) in [7, 11) is 3.64. The number of hydrogen-bond acceptors (Lipinski definition) is 3. The molecule has 4 nitrogen and oxygen atoms in total. The summed E-state index contributed by atoms with van der Waals surface area (Å²) in [5.41, 5.74) is 0. The molecule has 0 radical (unpaired) electrons. The van der Waals surface area contributed by atoms with Crippen LogP contribution in [-0.2, 0) is 4.79 Å². The van der Waals surface area contributed by atoms with Crippen LogP contribution in [0.3, 0.4) is 0 Å². The average Bonchev–Trinajstić information content (AvgIpc) is 2.29. The van der Waals surface area contributed by atoms with Crippen LogP contribution in [0.4, 0.5) is 0 Å². The maximum Gasteiger partial charge on any atom is 0.225 e. The third kappa shape index (κ3) is 3.82. The molecule has 0 aromatic rings. The van der Waals surface area contributed by atoms with Crippen molar-refractivity contribution in [2.45, 2.75) is 25.7 Å². The molecule has 0 bridgehead atoms. The van der Waals surface area contributed by atoms with Gasteiger partial charge in [0.1, 0.15) is 0 Å². The summed E-state index contributed by atoms with van der Waals surface area (Å²) in [6.07, 6.45) is 3.51. The van der Waals surface area contributed by atoms with Gasteiger partial charge in [-0.25, -0.2) is 0 Å². The van der Waals surface area contributed by atoms with Gasteiger partial charge in [0.2, 0.25) is 5.91 Å². The molecule has 0 spiro atoms. The highest BCUT2D eigenvalue weighted by Crippen LogP contribution is 2.18. The average molecular weight is 223 g/mol. The molecule has 0 saturated carbocycles. The van der Waals surface area contributed by atoms with Crippen molar-refractivity contribution in [2.75, 3.05) is 33.7 Å². The van der Waals surface area contributed by atoms with Crippen LogP contribution < -0.4 is 0 Å². The van der Waals surface area contributed by atoms with Crippen LogP contribution in [0.15, 0.2) is 0 Å². The van der Waals surface area contributed by atoms with Gasteiger partial charge in [0.15, 0.2) is 0 Å². The van der Waals surface area contributed by atoms with Crippen LogP contribution in [-0.4, -0.2) is 49.4 Å². The predicted molar refractivity (Wildman–Crippen MR) is 62.7 cm³/mol. The molecular weight excluding hydrogens is 202 g/mol. The van der Waals surface area contributed by atoms with Crippen LogP contribution >= 0.6 is 0 Å². The Morgan fingerprint density at radius 3 is 2.56 bits per heavy atom. The van der Waals surface area contributed by atoms with Crippen LogP contribution in [0, 0.1) is 17.2 Å². The fraction of sp³-hybridized carbons (Fsp3) is 0.833. The lowest BCUT2D eigenvalue weighted by Crippen LogP contribution is -2.40. The van der Waals surface area contributed by atoms with Gasteiger partial charge in [-0.05, 0) is 38.9 Å². The molecule has 1 heterocycles. The lowest BCUT2D eigenvalue weighted by Gasteiger charge is -2.32. The van der Waals surface area contributed by atoms with Gasteiger partial charge in [-0.15, -0.1) is 0 Å². The number of carbonyl (C=O) groups excluding carboxylic acids is 1. The Morgan fingerprint density at radius 2 is 2.06 bits per heavy atom. The normalized spacial score (nSPS) is 18.1. The van der Waals surface area contributed by atoms with E-state index in [9.17, 15) is 4.79 Å². The molecule has 1 amide bonds. The van der Waals surface area contributed by atoms with E-state index in [-0.39, 0.29) is 11.8 Å². The number of hydrogen-bond donors (Lipinski definition) is 0. The van der Waals surface area contributed by atoms with E-state index in [1.807, 2.05) is 14.1 Å². The molecule has 1 saturated heterocycles. The van der Waals surface area contributed by atoms with Crippen molar-refractivity contribution in [1.82, 2.24) is 9.80 Å². The van der Waals surface area contributed by atoms with E-state index in [4.69, 9.17) is 5.26 Å². The number of piperidine rings is 1. The first-order valence-electron chi connectivity index (χ1n) is 5.95. The van der Waals surface area contributed by atoms with Gasteiger partial charge < -0.3 is 9.80 Å². The van der Waals surface area contributed by atoms with Crippen LogP contribution in [0.1, 0.15) is 25.7 Å². The topological polar surface area (TPSA) is 47.3 Å². The maximum absolute atomic E-state index is 11.7. The third-order valence-electron chi connectivity index (χ3n) is 3.14. The first kappa shape index (κ1) is 13.0. The van der Waals surface area contributed by atoms with Gasteiger partial charge in [0.25, 0.3) is 0 Å². The minimum atomic E-state index is 0.210. The highest BCUT2D eigenvalue weighted by molar-refractivity contribution is 5.78. The lowest BCUT2D eigenvalue weighted by atomic mass is 9.95. The Balaban J connectivity index is 2.24. The van der Waals surface area contributed by atoms with Gasteiger partial charge in [-0.3, -0.25) is 4.79 Å². The Labute approximate surface area is 97.8 Å². The van der Waals surface area contributed by atoms with Crippen LogP contribution in [0.25, 0.3) is 0 Å². The molecule has 1 rings (SSSR count). The molecule has 1 aliphatic rings. The standard InChI is InChI=1S/C12H21N3O/c1-14(2)12(16)11-5-9-15(10-6-11)8-4-3-7-13/h11H,3-6,8-10H2,1-2H3. The molecular formula is C12H21N3O. The van der Waals surface area contributed by atoms with E-state index < -0.39 is 0 Å². The Bertz CT molecular complexity index is 262. The Morgan fingerprint density at radius 1 is 1.44 bits per heavy atom. The van der Waals surface area contributed by atoms with Crippen LogP contribution in [0.2, 0.25) is 0 Å². The molecule has 0 aromatic heterocycles. The summed E-state index contributed by atoms with van der Waals surface area (Å²) >= 11 is 0. The number of nitriles is 1. The molecule has 0 aromatic carbocycles. The van der Waals surface area contributed by atoms with E-state index in [1.165, 1.54) is 0 Å². The number of likely N-dealkylation sites (tertiary alicyclic amines) is 1. The zero-order valence-electron chi connectivity index (χ0n) is 10.3. The van der Waals surface area contributed by atoms with E-state index in [0.717, 1.165) is 38.9 Å². The highest BCUT2D eigenvalue weighted by atomic mass is 16.2. The first-order chi connectivity index (χ1) is 7.65. The van der Waals surface area contributed by atoms with Crippen LogP contribution in [0.5, 0.6) is 0 Å². The molecule has 90 valence electrons. The van der Waals surface area contributed by atoms with Crippen molar-refractivity contribution >= 4 is 5.91 Å². The number of rotatable bonds is 4. The fourth-order valence-electron chi connectivity index (χ4n) is 2.15. The minimum absolute atomic E-state index is 0.210. The number of carbonyl (C=O) groups is 1. The Hall–Kier alpha value is -1.08. The summed E-state index contributed by atoms with van der Waals surface area (Å²) in [4.78, 5) is 15.8. The fourth-order valence-corrected chi connectivity index (χ4v) is 2.15. The maximum atomic E-state index is 11.7. The quantitative estimate of drug-likeness (QED) is 0.670. The highest BCUT2D eigenvalue weighted by Gasteiger charge is 2.25. The zero-order valence-corrected chi connectivity index (χ0v) is 10.3. The summed E-state index contributed by atoms with van der Waals surface area (Å²) in [6, 6.07) is 2.16.